The molecule has 3 aromatic rings. The van der Waals surface area contributed by atoms with Crippen molar-refractivity contribution in [1.29, 1.82) is 0 Å². The van der Waals surface area contributed by atoms with E-state index in [1.54, 1.807) is 6.07 Å². The average Bonchev–Trinajstić information content (AvgIpc) is 2.99. The van der Waals surface area contributed by atoms with Gasteiger partial charge in [0.1, 0.15) is 11.5 Å². The lowest BCUT2D eigenvalue weighted by Crippen LogP contribution is -2.07. The van der Waals surface area contributed by atoms with Crippen molar-refractivity contribution in [3.05, 3.63) is 58.0 Å². The minimum Gasteiger partial charge on any atom is -0.455 e. The summed E-state index contributed by atoms with van der Waals surface area (Å²) in [5.74, 6) is -0.325. The van der Waals surface area contributed by atoms with E-state index in [2.05, 4.69) is 9.97 Å². The van der Waals surface area contributed by atoms with Gasteiger partial charge in [0.05, 0.1) is 22.4 Å². The minimum atomic E-state index is -0.325. The molecule has 2 heterocycles. The number of hydrogen-bond donors (Lipinski definition) is 0. The Balaban J connectivity index is 1.80. The molecule has 3 rings (SSSR count). The molecule has 0 aliphatic rings. The lowest BCUT2D eigenvalue weighted by Gasteiger charge is -2.07. The molecule has 0 saturated heterocycles. The second-order valence-corrected chi connectivity index (χ2v) is 5.25. The number of carbonyl (C=O) groups excluding carboxylic acids is 1. The lowest BCUT2D eigenvalue weighted by atomic mass is 10.2. The molecule has 1 aromatic carbocycles. The van der Waals surface area contributed by atoms with E-state index < -0.39 is 0 Å². The normalized spacial score (nSPS) is 10.7. The van der Waals surface area contributed by atoms with E-state index in [1.807, 2.05) is 42.6 Å². The maximum atomic E-state index is 11.8. The maximum absolute atomic E-state index is 11.8. The Morgan fingerprint density at radius 1 is 1.15 bits per heavy atom. The van der Waals surface area contributed by atoms with Crippen molar-refractivity contribution >= 4 is 28.3 Å². The van der Waals surface area contributed by atoms with Crippen molar-refractivity contribution < 1.29 is 9.53 Å². The van der Waals surface area contributed by atoms with Gasteiger partial charge in [-0.3, -0.25) is 0 Å². The summed E-state index contributed by atoms with van der Waals surface area (Å²) in [6.07, 6.45) is 0. The number of aromatic nitrogens is 2. The third kappa shape index (κ3) is 2.53. The summed E-state index contributed by atoms with van der Waals surface area (Å²) in [6.45, 7) is 2.01. The molecule has 4 nitrogen and oxygen atoms in total. The topological polar surface area (TPSA) is 52.1 Å². The van der Waals surface area contributed by atoms with Crippen LogP contribution in [0.5, 0.6) is 0 Å². The van der Waals surface area contributed by atoms with E-state index >= 15 is 0 Å². The van der Waals surface area contributed by atoms with Crippen LogP contribution in [0.4, 0.5) is 0 Å². The Morgan fingerprint density at radius 2 is 1.90 bits per heavy atom. The zero-order valence-corrected chi connectivity index (χ0v) is 11.7. The molecule has 0 spiro atoms. The monoisotopic (exact) mass is 284 g/mol. The summed E-state index contributed by atoms with van der Waals surface area (Å²) >= 11 is 1.36. The standard InChI is InChI=1S/C15H12N2O2S/c1-10-13(9-19-15(18)14-7-4-8-20-14)17-12-6-3-2-5-11(12)16-10/h2-8H,9H2,1H3. The Morgan fingerprint density at radius 3 is 2.60 bits per heavy atom. The molecule has 2 aromatic heterocycles. The van der Waals surface area contributed by atoms with Gasteiger partial charge < -0.3 is 4.74 Å². The van der Waals surface area contributed by atoms with E-state index in [1.165, 1.54) is 11.3 Å². The summed E-state index contributed by atoms with van der Waals surface area (Å²) in [4.78, 5) is 21.3. The van der Waals surface area contributed by atoms with Crippen LogP contribution < -0.4 is 0 Å². The highest BCUT2D eigenvalue weighted by molar-refractivity contribution is 7.11. The van der Waals surface area contributed by atoms with Crippen LogP contribution in [-0.4, -0.2) is 15.9 Å². The number of benzene rings is 1. The predicted molar refractivity (Wildman–Crippen MR) is 77.7 cm³/mol. The number of hydrogen-bond acceptors (Lipinski definition) is 5. The van der Waals surface area contributed by atoms with Gasteiger partial charge in [-0.25, -0.2) is 14.8 Å². The first-order valence-corrected chi connectivity index (χ1v) is 7.05. The molecule has 0 bridgehead atoms. The van der Waals surface area contributed by atoms with Gasteiger partial charge in [-0.1, -0.05) is 18.2 Å². The number of ether oxygens (including phenoxy) is 1. The van der Waals surface area contributed by atoms with Crippen molar-refractivity contribution in [2.24, 2.45) is 0 Å². The van der Waals surface area contributed by atoms with Crippen LogP contribution in [0.2, 0.25) is 0 Å². The number of fused-ring (bicyclic) bond motifs is 1. The number of rotatable bonds is 3. The molecular formula is C15H12N2O2S. The molecule has 20 heavy (non-hydrogen) atoms. The summed E-state index contributed by atoms with van der Waals surface area (Å²) < 4.78 is 5.27. The quantitative estimate of drug-likeness (QED) is 0.692. The van der Waals surface area contributed by atoms with Gasteiger partial charge in [0.15, 0.2) is 0 Å². The molecule has 0 unspecified atom stereocenters. The van der Waals surface area contributed by atoms with Crippen molar-refractivity contribution in [2.75, 3.05) is 0 Å². The Hall–Kier alpha value is -2.27. The fraction of sp³-hybridized carbons (Fsp3) is 0.133. The summed E-state index contributed by atoms with van der Waals surface area (Å²) in [7, 11) is 0. The third-order valence-electron chi connectivity index (χ3n) is 2.91. The number of para-hydroxylation sites is 2. The third-order valence-corrected chi connectivity index (χ3v) is 3.76. The van der Waals surface area contributed by atoms with Gasteiger partial charge in [-0.15, -0.1) is 11.3 Å². The Bertz CT molecular complexity index is 754. The van der Waals surface area contributed by atoms with Gasteiger partial charge in [0, 0.05) is 0 Å². The van der Waals surface area contributed by atoms with Crippen molar-refractivity contribution in [2.45, 2.75) is 13.5 Å². The van der Waals surface area contributed by atoms with E-state index in [0.29, 0.717) is 10.6 Å². The molecule has 100 valence electrons. The minimum absolute atomic E-state index is 0.139. The molecule has 0 amide bonds. The lowest BCUT2D eigenvalue weighted by molar-refractivity contribution is 0.0473. The number of carbonyl (C=O) groups is 1. The zero-order valence-electron chi connectivity index (χ0n) is 10.9. The summed E-state index contributed by atoms with van der Waals surface area (Å²) in [5.41, 5.74) is 3.12. The molecule has 0 atom stereocenters. The van der Waals surface area contributed by atoms with Crippen LogP contribution in [0.15, 0.2) is 41.8 Å². The van der Waals surface area contributed by atoms with Crippen molar-refractivity contribution in [3.63, 3.8) is 0 Å². The van der Waals surface area contributed by atoms with Crippen LogP contribution in [-0.2, 0) is 11.3 Å². The Kier molecular flexibility index (Phi) is 3.43. The second kappa shape index (κ2) is 5.38. The van der Waals surface area contributed by atoms with Gasteiger partial charge >= 0.3 is 5.97 Å². The van der Waals surface area contributed by atoms with Crippen molar-refractivity contribution in [1.82, 2.24) is 9.97 Å². The number of aryl methyl sites for hydroxylation is 1. The molecule has 0 aliphatic heterocycles. The summed E-state index contributed by atoms with van der Waals surface area (Å²) in [5, 5.41) is 1.84. The highest BCUT2D eigenvalue weighted by atomic mass is 32.1. The first-order chi connectivity index (χ1) is 9.74. The molecular weight excluding hydrogens is 272 g/mol. The van der Waals surface area contributed by atoms with Crippen LogP contribution in [0.3, 0.4) is 0 Å². The van der Waals surface area contributed by atoms with E-state index in [9.17, 15) is 4.79 Å². The van der Waals surface area contributed by atoms with Crippen molar-refractivity contribution in [3.8, 4) is 0 Å². The molecule has 5 heteroatoms. The zero-order chi connectivity index (χ0) is 13.9. The predicted octanol–water partition coefficient (Wildman–Crippen LogP) is 3.36. The smallest absolute Gasteiger partial charge is 0.348 e. The fourth-order valence-corrected chi connectivity index (χ4v) is 2.48. The van der Waals surface area contributed by atoms with Crippen LogP contribution in [0.1, 0.15) is 21.1 Å². The summed E-state index contributed by atoms with van der Waals surface area (Å²) in [6, 6.07) is 11.2. The first-order valence-electron chi connectivity index (χ1n) is 6.17. The second-order valence-electron chi connectivity index (χ2n) is 4.30. The van der Waals surface area contributed by atoms with Crippen LogP contribution in [0.25, 0.3) is 11.0 Å². The van der Waals surface area contributed by atoms with Crippen LogP contribution in [0, 0.1) is 6.92 Å². The number of thiophene rings is 1. The largest absolute Gasteiger partial charge is 0.455 e. The molecule has 0 N–H and O–H groups in total. The van der Waals surface area contributed by atoms with E-state index in [0.717, 1.165) is 16.7 Å². The Labute approximate surface area is 120 Å². The molecule has 0 aliphatic carbocycles. The van der Waals surface area contributed by atoms with E-state index in [4.69, 9.17) is 4.74 Å². The molecule has 0 saturated carbocycles. The number of nitrogens with zero attached hydrogens (tertiary/aromatic N) is 2. The van der Waals surface area contributed by atoms with E-state index in [-0.39, 0.29) is 12.6 Å². The van der Waals surface area contributed by atoms with Gasteiger partial charge in [0.2, 0.25) is 0 Å². The maximum Gasteiger partial charge on any atom is 0.348 e. The highest BCUT2D eigenvalue weighted by Gasteiger charge is 2.11. The highest BCUT2D eigenvalue weighted by Crippen LogP contribution is 2.15. The molecule has 0 fully saturated rings. The van der Waals surface area contributed by atoms with Gasteiger partial charge in [0.25, 0.3) is 0 Å². The molecule has 0 radical (unpaired) electrons. The van der Waals surface area contributed by atoms with Crippen LogP contribution >= 0.6 is 11.3 Å². The SMILES string of the molecule is Cc1nc2ccccc2nc1COC(=O)c1cccs1. The fourth-order valence-electron chi connectivity index (χ4n) is 1.86. The van der Waals surface area contributed by atoms with Gasteiger partial charge in [-0.05, 0) is 30.5 Å². The number of esters is 1. The van der Waals surface area contributed by atoms with Gasteiger partial charge in [-0.2, -0.15) is 0 Å². The average molecular weight is 284 g/mol. The first kappa shape index (κ1) is 12.7.